The lowest BCUT2D eigenvalue weighted by atomic mass is 10.0. The molecule has 0 atom stereocenters. The Kier molecular flexibility index (Phi) is 7.48. The van der Waals surface area contributed by atoms with Crippen LogP contribution in [0.3, 0.4) is 0 Å². The Morgan fingerprint density at radius 3 is 2.54 bits per heavy atom. The number of ether oxygens (including phenoxy) is 1. The van der Waals surface area contributed by atoms with Crippen LogP contribution in [0.2, 0.25) is 0 Å². The van der Waals surface area contributed by atoms with E-state index in [9.17, 15) is 9.59 Å². The van der Waals surface area contributed by atoms with Gasteiger partial charge >= 0.3 is 0 Å². The lowest BCUT2D eigenvalue weighted by Gasteiger charge is -2.32. The first-order valence-corrected chi connectivity index (χ1v) is 10.4. The van der Waals surface area contributed by atoms with E-state index in [0.29, 0.717) is 38.1 Å². The van der Waals surface area contributed by atoms with E-state index < -0.39 is 0 Å². The molecule has 0 saturated carbocycles. The number of benzene rings is 2. The van der Waals surface area contributed by atoms with E-state index in [4.69, 9.17) is 4.74 Å². The summed E-state index contributed by atoms with van der Waals surface area (Å²) >= 11 is 3.40. The van der Waals surface area contributed by atoms with Crippen LogP contribution in [-0.4, -0.2) is 42.5 Å². The van der Waals surface area contributed by atoms with Crippen LogP contribution in [0.4, 0.5) is 0 Å². The van der Waals surface area contributed by atoms with Gasteiger partial charge in [-0.05, 0) is 49.6 Å². The molecule has 2 amide bonds. The average molecular weight is 445 g/mol. The zero-order chi connectivity index (χ0) is 19.8. The molecular formula is C22H25BrN2O3. The summed E-state index contributed by atoms with van der Waals surface area (Å²) in [6.45, 7) is 1.85. The molecule has 148 valence electrons. The zero-order valence-corrected chi connectivity index (χ0v) is 17.4. The second kappa shape index (κ2) is 10.3. The van der Waals surface area contributed by atoms with Crippen molar-refractivity contribution < 1.29 is 14.3 Å². The van der Waals surface area contributed by atoms with E-state index in [0.717, 1.165) is 23.1 Å². The highest BCUT2D eigenvalue weighted by molar-refractivity contribution is 9.10. The van der Waals surface area contributed by atoms with Gasteiger partial charge in [0, 0.05) is 35.6 Å². The van der Waals surface area contributed by atoms with E-state index in [1.807, 2.05) is 59.5 Å². The van der Waals surface area contributed by atoms with Crippen molar-refractivity contribution in [3.63, 3.8) is 0 Å². The van der Waals surface area contributed by atoms with Crippen LogP contribution in [0.5, 0.6) is 5.75 Å². The first-order chi connectivity index (χ1) is 13.6. The number of nitrogens with zero attached hydrogens (tertiary/aromatic N) is 1. The van der Waals surface area contributed by atoms with Gasteiger partial charge in [-0.3, -0.25) is 9.59 Å². The maximum absolute atomic E-state index is 12.6. The molecule has 1 heterocycles. The second-order valence-corrected chi connectivity index (χ2v) is 7.83. The van der Waals surface area contributed by atoms with Crippen molar-refractivity contribution in [3.8, 4) is 5.75 Å². The van der Waals surface area contributed by atoms with Gasteiger partial charge in [-0.1, -0.05) is 40.2 Å². The molecule has 2 aromatic carbocycles. The van der Waals surface area contributed by atoms with Crippen molar-refractivity contribution in [1.82, 2.24) is 10.2 Å². The summed E-state index contributed by atoms with van der Waals surface area (Å²) in [7, 11) is 0. The number of rotatable bonds is 7. The maximum Gasteiger partial charge on any atom is 0.253 e. The third-order valence-corrected chi connectivity index (χ3v) is 5.27. The van der Waals surface area contributed by atoms with Gasteiger partial charge in [-0.2, -0.15) is 0 Å². The highest BCUT2D eigenvalue weighted by atomic mass is 79.9. The number of piperidine rings is 1. The number of hydrogen-bond acceptors (Lipinski definition) is 3. The van der Waals surface area contributed by atoms with Crippen molar-refractivity contribution >= 4 is 27.7 Å². The van der Waals surface area contributed by atoms with Crippen molar-refractivity contribution in [2.45, 2.75) is 31.7 Å². The number of nitrogens with one attached hydrogen (secondary N) is 1. The summed E-state index contributed by atoms with van der Waals surface area (Å²) in [5, 5.41) is 3.09. The van der Waals surface area contributed by atoms with Crippen molar-refractivity contribution in [3.05, 3.63) is 64.6 Å². The molecule has 2 aromatic rings. The number of likely N-dealkylation sites (tertiary alicyclic amines) is 1. The van der Waals surface area contributed by atoms with Gasteiger partial charge in [0.1, 0.15) is 5.75 Å². The number of hydrogen-bond donors (Lipinski definition) is 1. The highest BCUT2D eigenvalue weighted by Gasteiger charge is 2.24. The summed E-state index contributed by atoms with van der Waals surface area (Å²) in [5.41, 5.74) is 0.690. The van der Waals surface area contributed by atoms with Gasteiger partial charge in [0.15, 0.2) is 0 Å². The fourth-order valence-corrected chi connectivity index (χ4v) is 3.67. The predicted molar refractivity (Wildman–Crippen MR) is 112 cm³/mol. The van der Waals surface area contributed by atoms with Crippen molar-refractivity contribution in [1.29, 1.82) is 0 Å². The minimum Gasteiger partial charge on any atom is -0.494 e. The summed E-state index contributed by atoms with van der Waals surface area (Å²) in [4.78, 5) is 26.6. The molecule has 28 heavy (non-hydrogen) atoms. The molecule has 0 aliphatic carbocycles. The molecule has 1 fully saturated rings. The van der Waals surface area contributed by atoms with Crippen LogP contribution >= 0.6 is 15.9 Å². The van der Waals surface area contributed by atoms with Crippen molar-refractivity contribution in [2.75, 3.05) is 19.7 Å². The summed E-state index contributed by atoms with van der Waals surface area (Å²) in [6, 6.07) is 17.2. The summed E-state index contributed by atoms with van der Waals surface area (Å²) in [5.74, 6) is 0.919. The van der Waals surface area contributed by atoms with E-state index in [-0.39, 0.29) is 17.9 Å². The number of para-hydroxylation sites is 1. The standard InChI is InChI=1S/C22H25BrN2O3/c23-18-7-4-6-17(16-18)22(27)25-13-11-19(12-14-25)24-21(26)10-5-15-28-20-8-2-1-3-9-20/h1-4,6-9,16,19H,5,10-15H2,(H,24,26). The van der Waals surface area contributed by atoms with E-state index >= 15 is 0 Å². The molecule has 1 saturated heterocycles. The van der Waals surface area contributed by atoms with Crippen LogP contribution in [0, 0.1) is 0 Å². The second-order valence-electron chi connectivity index (χ2n) is 6.91. The van der Waals surface area contributed by atoms with E-state index in [2.05, 4.69) is 21.2 Å². The Morgan fingerprint density at radius 2 is 1.82 bits per heavy atom. The SMILES string of the molecule is O=C(CCCOc1ccccc1)NC1CCN(C(=O)c2cccc(Br)c2)CC1. The molecule has 1 aliphatic heterocycles. The Bertz CT molecular complexity index is 789. The maximum atomic E-state index is 12.6. The van der Waals surface area contributed by atoms with Gasteiger partial charge in [0.2, 0.25) is 5.91 Å². The van der Waals surface area contributed by atoms with Gasteiger partial charge in [0.25, 0.3) is 5.91 Å². The normalized spacial score (nSPS) is 14.5. The zero-order valence-electron chi connectivity index (χ0n) is 15.8. The molecule has 0 bridgehead atoms. The molecular weight excluding hydrogens is 420 g/mol. The monoisotopic (exact) mass is 444 g/mol. The molecule has 5 nitrogen and oxygen atoms in total. The Morgan fingerprint density at radius 1 is 1.07 bits per heavy atom. The van der Waals surface area contributed by atoms with Gasteiger partial charge in [-0.15, -0.1) is 0 Å². The molecule has 0 aromatic heterocycles. The van der Waals surface area contributed by atoms with Crippen LogP contribution in [0.25, 0.3) is 0 Å². The smallest absolute Gasteiger partial charge is 0.253 e. The minimum absolute atomic E-state index is 0.0455. The Balaban J connectivity index is 1.34. The first-order valence-electron chi connectivity index (χ1n) is 9.64. The van der Waals surface area contributed by atoms with Crippen LogP contribution in [-0.2, 0) is 4.79 Å². The molecule has 3 rings (SSSR count). The van der Waals surface area contributed by atoms with E-state index in [1.165, 1.54) is 0 Å². The average Bonchev–Trinajstić information content (AvgIpc) is 2.72. The lowest BCUT2D eigenvalue weighted by Crippen LogP contribution is -2.46. The fourth-order valence-electron chi connectivity index (χ4n) is 3.27. The first kappa shape index (κ1) is 20.4. The quantitative estimate of drug-likeness (QED) is 0.655. The molecule has 0 unspecified atom stereocenters. The van der Waals surface area contributed by atoms with Crippen LogP contribution < -0.4 is 10.1 Å². The summed E-state index contributed by atoms with van der Waals surface area (Å²) in [6.07, 6.45) is 2.70. The van der Waals surface area contributed by atoms with Crippen LogP contribution in [0.15, 0.2) is 59.1 Å². The third-order valence-electron chi connectivity index (χ3n) is 4.78. The Hall–Kier alpha value is -2.34. The largest absolute Gasteiger partial charge is 0.494 e. The number of halogens is 1. The third kappa shape index (κ3) is 6.09. The lowest BCUT2D eigenvalue weighted by molar-refractivity contribution is -0.122. The topological polar surface area (TPSA) is 58.6 Å². The van der Waals surface area contributed by atoms with E-state index in [1.54, 1.807) is 0 Å². The fraction of sp³-hybridized carbons (Fsp3) is 0.364. The molecule has 0 spiro atoms. The number of carbonyl (C=O) groups is 2. The molecule has 1 aliphatic rings. The van der Waals surface area contributed by atoms with Gasteiger partial charge in [0.05, 0.1) is 6.61 Å². The van der Waals surface area contributed by atoms with Gasteiger partial charge < -0.3 is 15.0 Å². The van der Waals surface area contributed by atoms with Crippen molar-refractivity contribution in [2.24, 2.45) is 0 Å². The number of carbonyl (C=O) groups excluding carboxylic acids is 2. The molecule has 0 radical (unpaired) electrons. The highest BCUT2D eigenvalue weighted by Crippen LogP contribution is 2.17. The predicted octanol–water partition coefficient (Wildman–Crippen LogP) is 4.03. The number of amides is 2. The molecule has 6 heteroatoms. The Labute approximate surface area is 174 Å². The summed E-state index contributed by atoms with van der Waals surface area (Å²) < 4.78 is 6.51. The minimum atomic E-state index is 0.0455. The van der Waals surface area contributed by atoms with Gasteiger partial charge in [-0.25, -0.2) is 0 Å². The van der Waals surface area contributed by atoms with Crippen LogP contribution in [0.1, 0.15) is 36.0 Å². The molecule has 1 N–H and O–H groups in total.